The summed E-state index contributed by atoms with van der Waals surface area (Å²) in [6, 6.07) is 10.5. The van der Waals surface area contributed by atoms with Crippen LogP contribution in [0, 0.1) is 5.92 Å². The van der Waals surface area contributed by atoms with E-state index in [1.807, 2.05) is 13.1 Å². The van der Waals surface area contributed by atoms with Crippen LogP contribution in [0.4, 0.5) is 0 Å². The molecule has 4 heteroatoms. The van der Waals surface area contributed by atoms with E-state index >= 15 is 0 Å². The van der Waals surface area contributed by atoms with E-state index in [0.29, 0.717) is 5.92 Å². The maximum atomic E-state index is 11.5. The van der Waals surface area contributed by atoms with Crippen LogP contribution in [0.25, 0.3) is 0 Å². The molecule has 0 N–H and O–H groups in total. The Hall–Kier alpha value is -1.06. The molecule has 1 atom stereocenters. The maximum Gasteiger partial charge on any atom is 0.237 e. The number of hydrogen-bond acceptors (Lipinski definition) is 2. The molecule has 19 heavy (non-hydrogen) atoms. The Balaban J connectivity index is 1.79. The lowest BCUT2D eigenvalue weighted by Gasteiger charge is -2.21. The van der Waals surface area contributed by atoms with Crippen LogP contribution < -0.4 is 0 Å². The normalized spacial score (nSPS) is 19.6. The maximum absolute atomic E-state index is 11.5. The second-order valence-electron chi connectivity index (χ2n) is 5.28. The van der Waals surface area contributed by atoms with Gasteiger partial charge in [0.2, 0.25) is 5.91 Å². The second-order valence-corrected chi connectivity index (χ2v) is 5.55. The van der Waals surface area contributed by atoms with E-state index in [4.69, 9.17) is 11.6 Å². The third kappa shape index (κ3) is 4.22. The lowest BCUT2D eigenvalue weighted by atomic mass is 10.1. The third-order valence-corrected chi connectivity index (χ3v) is 3.92. The van der Waals surface area contributed by atoms with E-state index < -0.39 is 0 Å². The van der Waals surface area contributed by atoms with Crippen molar-refractivity contribution in [3.63, 3.8) is 0 Å². The van der Waals surface area contributed by atoms with Crippen molar-refractivity contribution in [1.82, 2.24) is 9.80 Å². The van der Waals surface area contributed by atoms with E-state index in [2.05, 4.69) is 29.2 Å². The van der Waals surface area contributed by atoms with Crippen molar-refractivity contribution in [3.05, 3.63) is 35.9 Å². The summed E-state index contributed by atoms with van der Waals surface area (Å²) < 4.78 is 0. The summed E-state index contributed by atoms with van der Waals surface area (Å²) in [6.45, 7) is 4.00. The molecular weight excluding hydrogens is 260 g/mol. The number of carbonyl (C=O) groups is 1. The highest BCUT2D eigenvalue weighted by Gasteiger charge is 2.24. The number of alkyl halides is 1. The molecule has 104 valence electrons. The molecule has 0 radical (unpaired) electrons. The molecule has 1 aliphatic heterocycles. The zero-order valence-electron chi connectivity index (χ0n) is 11.4. The molecule has 0 unspecified atom stereocenters. The summed E-state index contributed by atoms with van der Waals surface area (Å²) in [5.74, 6) is 0.667. The fourth-order valence-corrected chi connectivity index (χ4v) is 2.84. The van der Waals surface area contributed by atoms with Gasteiger partial charge in [0.05, 0.1) is 0 Å². The number of carbonyl (C=O) groups excluding carboxylic acids is 1. The van der Waals surface area contributed by atoms with Gasteiger partial charge < -0.3 is 4.90 Å². The van der Waals surface area contributed by atoms with Gasteiger partial charge in [-0.2, -0.15) is 0 Å². The van der Waals surface area contributed by atoms with Crippen LogP contribution in [0.5, 0.6) is 0 Å². The SMILES string of the molecule is CN(C[C@H]1CCN(Cc2ccccc2)C1)C(=O)CCl. The minimum absolute atomic E-state index is 0.0168. The molecule has 3 nitrogen and oxygen atoms in total. The molecule has 1 aromatic carbocycles. The van der Waals surface area contributed by atoms with E-state index in [0.717, 1.165) is 32.6 Å². The van der Waals surface area contributed by atoms with Crippen molar-refractivity contribution in [2.24, 2.45) is 5.92 Å². The topological polar surface area (TPSA) is 23.6 Å². The molecule has 1 fully saturated rings. The predicted octanol–water partition coefficient (Wildman–Crippen LogP) is 2.21. The van der Waals surface area contributed by atoms with Crippen LogP contribution in [0.1, 0.15) is 12.0 Å². The summed E-state index contributed by atoms with van der Waals surface area (Å²) in [6.07, 6.45) is 1.16. The van der Waals surface area contributed by atoms with E-state index in [9.17, 15) is 4.79 Å². The average molecular weight is 281 g/mol. The minimum Gasteiger partial charge on any atom is -0.344 e. The number of likely N-dealkylation sites (tertiary alicyclic amines) is 1. The number of hydrogen-bond donors (Lipinski definition) is 0. The van der Waals surface area contributed by atoms with Gasteiger partial charge in [-0.3, -0.25) is 9.69 Å². The Bertz CT molecular complexity index is 410. The Morgan fingerprint density at radius 1 is 1.42 bits per heavy atom. The highest BCUT2D eigenvalue weighted by atomic mass is 35.5. The van der Waals surface area contributed by atoms with Crippen LogP contribution in [-0.2, 0) is 11.3 Å². The standard InChI is InChI=1S/C15H21ClN2O/c1-17(15(19)9-16)10-14-7-8-18(12-14)11-13-5-3-2-4-6-13/h2-6,14H,7-12H2,1H3/t14-/m1/s1. The lowest BCUT2D eigenvalue weighted by Crippen LogP contribution is -2.33. The molecule has 1 amide bonds. The molecule has 1 heterocycles. The summed E-state index contributed by atoms with van der Waals surface area (Å²) in [5, 5.41) is 0. The number of benzene rings is 1. The fraction of sp³-hybridized carbons (Fsp3) is 0.533. The summed E-state index contributed by atoms with van der Waals surface area (Å²) >= 11 is 5.57. The summed E-state index contributed by atoms with van der Waals surface area (Å²) in [5.41, 5.74) is 1.35. The predicted molar refractivity (Wildman–Crippen MR) is 78.2 cm³/mol. The van der Waals surface area contributed by atoms with E-state index in [1.165, 1.54) is 5.56 Å². The number of rotatable bonds is 5. The van der Waals surface area contributed by atoms with Crippen molar-refractivity contribution in [1.29, 1.82) is 0 Å². The Morgan fingerprint density at radius 2 is 2.16 bits per heavy atom. The lowest BCUT2D eigenvalue weighted by molar-refractivity contribution is -0.127. The van der Waals surface area contributed by atoms with Gasteiger partial charge >= 0.3 is 0 Å². The van der Waals surface area contributed by atoms with Crippen molar-refractivity contribution >= 4 is 17.5 Å². The summed E-state index contributed by atoms with van der Waals surface area (Å²) in [7, 11) is 1.84. The van der Waals surface area contributed by atoms with E-state index in [1.54, 1.807) is 4.90 Å². The smallest absolute Gasteiger partial charge is 0.237 e. The van der Waals surface area contributed by atoms with Crippen molar-refractivity contribution in [2.75, 3.05) is 32.6 Å². The molecule has 0 aromatic heterocycles. The third-order valence-electron chi connectivity index (χ3n) is 3.69. The molecule has 0 spiro atoms. The molecule has 0 saturated carbocycles. The first-order chi connectivity index (χ1) is 9.19. The molecule has 2 rings (SSSR count). The van der Waals surface area contributed by atoms with Crippen LogP contribution in [0.3, 0.4) is 0 Å². The van der Waals surface area contributed by atoms with Gasteiger partial charge in [-0.05, 0) is 24.4 Å². The molecule has 1 saturated heterocycles. The Morgan fingerprint density at radius 3 is 2.84 bits per heavy atom. The first-order valence-electron chi connectivity index (χ1n) is 6.75. The second kappa shape index (κ2) is 6.92. The van der Waals surface area contributed by atoms with Gasteiger partial charge in [0.1, 0.15) is 5.88 Å². The quantitative estimate of drug-likeness (QED) is 0.772. The summed E-state index contributed by atoms with van der Waals surface area (Å²) in [4.78, 5) is 15.7. The molecule has 1 aliphatic rings. The van der Waals surface area contributed by atoms with Crippen LogP contribution in [0.2, 0.25) is 0 Å². The zero-order valence-corrected chi connectivity index (χ0v) is 12.1. The zero-order chi connectivity index (χ0) is 13.7. The van der Waals surface area contributed by atoms with Gasteiger partial charge in [-0.25, -0.2) is 0 Å². The van der Waals surface area contributed by atoms with Gasteiger partial charge in [0.15, 0.2) is 0 Å². The molecule has 1 aromatic rings. The molecular formula is C15H21ClN2O. The fourth-order valence-electron chi connectivity index (χ4n) is 2.64. The Kier molecular flexibility index (Phi) is 5.23. The van der Waals surface area contributed by atoms with Gasteiger partial charge in [-0.1, -0.05) is 30.3 Å². The number of amides is 1. The van der Waals surface area contributed by atoms with Gasteiger partial charge in [0, 0.05) is 26.7 Å². The first kappa shape index (κ1) is 14.4. The van der Waals surface area contributed by atoms with Crippen molar-refractivity contribution < 1.29 is 4.79 Å². The monoisotopic (exact) mass is 280 g/mol. The largest absolute Gasteiger partial charge is 0.344 e. The van der Waals surface area contributed by atoms with Gasteiger partial charge in [0.25, 0.3) is 0 Å². The highest BCUT2D eigenvalue weighted by molar-refractivity contribution is 6.27. The van der Waals surface area contributed by atoms with Crippen molar-refractivity contribution in [2.45, 2.75) is 13.0 Å². The van der Waals surface area contributed by atoms with Crippen LogP contribution in [0.15, 0.2) is 30.3 Å². The number of nitrogens with zero attached hydrogens (tertiary/aromatic N) is 2. The van der Waals surface area contributed by atoms with Crippen molar-refractivity contribution in [3.8, 4) is 0 Å². The highest BCUT2D eigenvalue weighted by Crippen LogP contribution is 2.19. The minimum atomic E-state index is 0.0168. The van der Waals surface area contributed by atoms with Gasteiger partial charge in [-0.15, -0.1) is 11.6 Å². The molecule has 0 bridgehead atoms. The van der Waals surface area contributed by atoms with Crippen LogP contribution >= 0.6 is 11.6 Å². The average Bonchev–Trinajstić information content (AvgIpc) is 2.86. The Labute approximate surface area is 120 Å². The first-order valence-corrected chi connectivity index (χ1v) is 7.28. The number of halogens is 1. The van der Waals surface area contributed by atoms with Crippen LogP contribution in [-0.4, -0.2) is 48.3 Å². The van der Waals surface area contributed by atoms with E-state index in [-0.39, 0.29) is 11.8 Å². The molecule has 0 aliphatic carbocycles.